The van der Waals surface area contributed by atoms with Crippen molar-refractivity contribution in [2.75, 3.05) is 18.0 Å². The van der Waals surface area contributed by atoms with Gasteiger partial charge in [0.2, 0.25) is 15.9 Å². The van der Waals surface area contributed by atoms with Crippen LogP contribution in [0.15, 0.2) is 77.8 Å². The van der Waals surface area contributed by atoms with E-state index in [0.29, 0.717) is 29.5 Å². The zero-order chi connectivity index (χ0) is 24.4. The minimum Gasteiger partial charge on any atom is -0.282 e. The highest BCUT2D eigenvalue weighted by Crippen LogP contribution is 2.34. The van der Waals surface area contributed by atoms with Gasteiger partial charge in [0.15, 0.2) is 5.13 Å². The molecule has 2 aromatic carbocycles. The number of anilines is 1. The van der Waals surface area contributed by atoms with E-state index in [4.69, 9.17) is 11.6 Å². The Balaban J connectivity index is 1.45. The topological polar surface area (TPSA) is 83.5 Å². The van der Waals surface area contributed by atoms with Crippen molar-refractivity contribution in [3.63, 3.8) is 0 Å². The second kappa shape index (κ2) is 10.0. The molecule has 180 valence electrons. The largest absolute Gasteiger partial charge is 0.282 e. The van der Waals surface area contributed by atoms with Crippen LogP contribution in [0.4, 0.5) is 5.13 Å². The van der Waals surface area contributed by atoms with Gasteiger partial charge >= 0.3 is 0 Å². The number of halogens is 1. The Kier molecular flexibility index (Phi) is 6.84. The summed E-state index contributed by atoms with van der Waals surface area (Å²) in [6.45, 7) is 0.765. The second-order valence-electron chi connectivity index (χ2n) is 8.37. The first-order valence-corrected chi connectivity index (χ1v) is 13.9. The van der Waals surface area contributed by atoms with Gasteiger partial charge in [-0.2, -0.15) is 4.31 Å². The van der Waals surface area contributed by atoms with Crippen molar-refractivity contribution in [3.8, 4) is 0 Å². The molecule has 0 spiro atoms. The van der Waals surface area contributed by atoms with E-state index in [1.165, 1.54) is 15.6 Å². The number of pyridine rings is 1. The minimum atomic E-state index is -3.68. The van der Waals surface area contributed by atoms with Gasteiger partial charge in [-0.3, -0.25) is 14.7 Å². The van der Waals surface area contributed by atoms with Gasteiger partial charge in [-0.25, -0.2) is 13.4 Å². The number of fused-ring (bicyclic) bond motifs is 1. The van der Waals surface area contributed by atoms with E-state index in [0.717, 1.165) is 15.9 Å². The molecule has 4 aromatic rings. The van der Waals surface area contributed by atoms with Crippen LogP contribution >= 0.6 is 22.9 Å². The Morgan fingerprint density at radius 2 is 1.91 bits per heavy atom. The highest BCUT2D eigenvalue weighted by Gasteiger charge is 2.36. The van der Waals surface area contributed by atoms with Gasteiger partial charge in [-0.1, -0.05) is 47.2 Å². The lowest BCUT2D eigenvalue weighted by atomic mass is 9.98. The molecule has 1 aliphatic rings. The number of benzene rings is 2. The second-order valence-corrected chi connectivity index (χ2v) is 11.8. The number of thiazole rings is 1. The van der Waals surface area contributed by atoms with Crippen LogP contribution in [0, 0.1) is 5.92 Å². The maximum Gasteiger partial charge on any atom is 0.243 e. The molecule has 0 bridgehead atoms. The molecule has 10 heteroatoms. The summed E-state index contributed by atoms with van der Waals surface area (Å²) >= 11 is 7.54. The molecule has 5 rings (SSSR count). The van der Waals surface area contributed by atoms with E-state index in [2.05, 4.69) is 9.97 Å². The number of rotatable bonds is 6. The maximum atomic E-state index is 13.9. The molecular weight excluding hydrogens is 504 g/mol. The first kappa shape index (κ1) is 23.9. The molecule has 1 amide bonds. The molecule has 2 aromatic heterocycles. The Labute approximate surface area is 213 Å². The zero-order valence-electron chi connectivity index (χ0n) is 18.7. The van der Waals surface area contributed by atoms with Crippen LogP contribution < -0.4 is 4.90 Å². The third kappa shape index (κ3) is 5.08. The predicted molar refractivity (Wildman–Crippen MR) is 138 cm³/mol. The van der Waals surface area contributed by atoms with Crippen LogP contribution in [0.2, 0.25) is 5.02 Å². The summed E-state index contributed by atoms with van der Waals surface area (Å²) in [6.07, 6.45) is 2.90. The smallest absolute Gasteiger partial charge is 0.243 e. The fraction of sp³-hybridized carbons (Fsp3) is 0.240. The summed E-state index contributed by atoms with van der Waals surface area (Å²) in [6, 6.07) is 19.3. The van der Waals surface area contributed by atoms with Crippen molar-refractivity contribution >= 4 is 54.2 Å². The quantitative estimate of drug-likeness (QED) is 0.354. The molecule has 1 saturated heterocycles. The fourth-order valence-electron chi connectivity index (χ4n) is 4.22. The van der Waals surface area contributed by atoms with Crippen molar-refractivity contribution in [3.05, 3.63) is 83.6 Å². The lowest BCUT2D eigenvalue weighted by molar-refractivity contribution is -0.123. The van der Waals surface area contributed by atoms with Gasteiger partial charge in [-0.05, 0) is 55.3 Å². The van der Waals surface area contributed by atoms with Gasteiger partial charge in [0, 0.05) is 24.3 Å². The van der Waals surface area contributed by atoms with Crippen LogP contribution in [0.5, 0.6) is 0 Å². The summed E-state index contributed by atoms with van der Waals surface area (Å²) < 4.78 is 28.7. The summed E-state index contributed by atoms with van der Waals surface area (Å²) in [7, 11) is -3.68. The molecule has 3 heterocycles. The Bertz CT molecular complexity index is 1450. The third-order valence-corrected chi connectivity index (χ3v) is 9.15. The normalized spacial score (nSPS) is 16.9. The minimum absolute atomic E-state index is 0.130. The summed E-state index contributed by atoms with van der Waals surface area (Å²) in [5, 5.41) is 1.14. The molecule has 0 saturated carbocycles. The van der Waals surface area contributed by atoms with Crippen molar-refractivity contribution in [1.82, 2.24) is 14.3 Å². The van der Waals surface area contributed by atoms with E-state index in [-0.39, 0.29) is 23.9 Å². The number of carbonyl (C=O) groups excluding carboxylic acids is 1. The molecule has 0 radical (unpaired) electrons. The fourth-order valence-corrected chi connectivity index (χ4v) is 7.01. The summed E-state index contributed by atoms with van der Waals surface area (Å²) in [5.74, 6) is -0.643. The van der Waals surface area contributed by atoms with E-state index < -0.39 is 15.9 Å². The lowest BCUT2D eigenvalue weighted by Crippen LogP contribution is -2.46. The van der Waals surface area contributed by atoms with Gasteiger partial charge < -0.3 is 0 Å². The van der Waals surface area contributed by atoms with Crippen LogP contribution in [0.1, 0.15) is 18.5 Å². The van der Waals surface area contributed by atoms with Crippen molar-refractivity contribution in [2.45, 2.75) is 24.3 Å². The molecule has 1 aliphatic heterocycles. The molecule has 1 fully saturated rings. The molecule has 35 heavy (non-hydrogen) atoms. The van der Waals surface area contributed by atoms with Crippen molar-refractivity contribution in [2.24, 2.45) is 5.92 Å². The molecule has 0 aliphatic carbocycles. The zero-order valence-corrected chi connectivity index (χ0v) is 21.1. The SMILES string of the molecule is O=C(C1CCCN(S(=O)(=O)c2ccccc2)C1)N(Cc1ccccn1)c1nc2ccc(Cl)cc2s1. The molecule has 7 nitrogen and oxygen atoms in total. The van der Waals surface area contributed by atoms with Crippen LogP contribution in [-0.4, -0.2) is 41.7 Å². The number of aromatic nitrogens is 2. The average Bonchev–Trinajstić information content (AvgIpc) is 3.31. The first-order chi connectivity index (χ1) is 16.9. The van der Waals surface area contributed by atoms with Gasteiger partial charge in [0.1, 0.15) is 0 Å². The lowest BCUT2D eigenvalue weighted by Gasteiger charge is -2.33. The molecule has 0 N–H and O–H groups in total. The van der Waals surface area contributed by atoms with E-state index in [9.17, 15) is 13.2 Å². The van der Waals surface area contributed by atoms with Crippen molar-refractivity contribution < 1.29 is 13.2 Å². The summed E-state index contributed by atoms with van der Waals surface area (Å²) in [5.41, 5.74) is 1.48. The van der Waals surface area contributed by atoms with Crippen LogP contribution in [-0.2, 0) is 21.4 Å². The number of hydrogen-bond acceptors (Lipinski definition) is 6. The van der Waals surface area contributed by atoms with E-state index in [1.54, 1.807) is 47.5 Å². The predicted octanol–water partition coefficient (Wildman–Crippen LogP) is 4.98. The molecular formula is C25H23ClN4O3S2. The first-order valence-electron chi connectivity index (χ1n) is 11.2. The number of hydrogen-bond donors (Lipinski definition) is 0. The number of piperidine rings is 1. The number of amides is 1. The highest BCUT2D eigenvalue weighted by atomic mass is 35.5. The van der Waals surface area contributed by atoms with E-state index in [1.807, 2.05) is 30.3 Å². The average molecular weight is 527 g/mol. The van der Waals surface area contributed by atoms with E-state index >= 15 is 0 Å². The van der Waals surface area contributed by atoms with Crippen molar-refractivity contribution in [1.29, 1.82) is 0 Å². The molecule has 1 unspecified atom stereocenters. The molecule has 1 atom stereocenters. The van der Waals surface area contributed by atoms with Crippen LogP contribution in [0.3, 0.4) is 0 Å². The Hall–Kier alpha value is -2.85. The summed E-state index contributed by atoms with van der Waals surface area (Å²) in [4.78, 5) is 24.8. The van der Waals surface area contributed by atoms with Gasteiger partial charge in [0.25, 0.3) is 0 Å². The number of nitrogens with zero attached hydrogens (tertiary/aromatic N) is 4. The van der Waals surface area contributed by atoms with Crippen LogP contribution in [0.25, 0.3) is 10.2 Å². The number of carbonyl (C=O) groups is 1. The van der Waals surface area contributed by atoms with Gasteiger partial charge in [0.05, 0.1) is 33.3 Å². The highest BCUT2D eigenvalue weighted by molar-refractivity contribution is 7.89. The monoisotopic (exact) mass is 526 g/mol. The standard InChI is InChI=1S/C25H23ClN4O3S2/c26-19-11-12-22-23(15-19)34-25(28-22)30(17-20-8-4-5-13-27-20)24(31)18-7-6-14-29(16-18)35(32,33)21-9-2-1-3-10-21/h1-5,8-13,15,18H,6-7,14,16-17H2. The maximum absolute atomic E-state index is 13.9. The Morgan fingerprint density at radius 1 is 1.11 bits per heavy atom. The third-order valence-electron chi connectivity index (χ3n) is 6.00. The Morgan fingerprint density at radius 3 is 2.69 bits per heavy atom. The number of sulfonamides is 1. The van der Waals surface area contributed by atoms with Gasteiger partial charge in [-0.15, -0.1) is 0 Å².